The first-order valence-electron chi connectivity index (χ1n) is 5.81. The van der Waals surface area contributed by atoms with Crippen molar-refractivity contribution in [1.29, 1.82) is 0 Å². The summed E-state index contributed by atoms with van der Waals surface area (Å²) >= 11 is 5.66. The van der Waals surface area contributed by atoms with Gasteiger partial charge in [0.2, 0.25) is 5.91 Å². The SMILES string of the molecule is CC(C)(CCl)C(=O)NC1CC(NCC(F)(F)F)C1. The molecule has 0 unspecified atom stereocenters. The molecule has 1 amide bonds. The average molecular weight is 287 g/mol. The summed E-state index contributed by atoms with van der Waals surface area (Å²) in [7, 11) is 0. The van der Waals surface area contributed by atoms with E-state index >= 15 is 0 Å². The van der Waals surface area contributed by atoms with Gasteiger partial charge in [0.15, 0.2) is 0 Å². The minimum Gasteiger partial charge on any atom is -0.353 e. The Hall–Kier alpha value is -0.490. The number of rotatable bonds is 5. The lowest BCUT2D eigenvalue weighted by Crippen LogP contribution is -2.55. The van der Waals surface area contributed by atoms with E-state index in [1.54, 1.807) is 13.8 Å². The van der Waals surface area contributed by atoms with Crippen molar-refractivity contribution in [3.8, 4) is 0 Å². The molecule has 0 aromatic rings. The highest BCUT2D eigenvalue weighted by molar-refractivity contribution is 6.19. The lowest BCUT2D eigenvalue weighted by molar-refractivity contribution is -0.132. The molecule has 1 aliphatic rings. The molecule has 1 rings (SSSR count). The lowest BCUT2D eigenvalue weighted by Gasteiger charge is -2.38. The van der Waals surface area contributed by atoms with Crippen molar-refractivity contribution < 1.29 is 18.0 Å². The van der Waals surface area contributed by atoms with Crippen LogP contribution in [0.1, 0.15) is 26.7 Å². The predicted octanol–water partition coefficient (Wildman–Crippen LogP) is 2.05. The smallest absolute Gasteiger partial charge is 0.353 e. The molecule has 1 fully saturated rings. The van der Waals surface area contributed by atoms with E-state index < -0.39 is 18.1 Å². The third kappa shape index (κ3) is 4.65. The monoisotopic (exact) mass is 286 g/mol. The molecule has 0 saturated heterocycles. The second-order valence-electron chi connectivity index (χ2n) is 5.35. The van der Waals surface area contributed by atoms with Crippen LogP contribution in [0.3, 0.4) is 0 Å². The van der Waals surface area contributed by atoms with E-state index in [4.69, 9.17) is 11.6 Å². The predicted molar refractivity (Wildman–Crippen MR) is 63.5 cm³/mol. The van der Waals surface area contributed by atoms with Gasteiger partial charge < -0.3 is 10.6 Å². The average Bonchev–Trinajstić information content (AvgIpc) is 2.19. The number of carbonyl (C=O) groups is 1. The highest BCUT2D eigenvalue weighted by atomic mass is 35.5. The van der Waals surface area contributed by atoms with E-state index in [0.29, 0.717) is 12.8 Å². The summed E-state index contributed by atoms with van der Waals surface area (Å²) in [5.41, 5.74) is -0.647. The number of alkyl halides is 4. The summed E-state index contributed by atoms with van der Waals surface area (Å²) in [6.07, 6.45) is -3.13. The third-order valence-corrected chi connectivity index (χ3v) is 3.68. The highest BCUT2D eigenvalue weighted by Gasteiger charge is 2.36. The molecule has 7 heteroatoms. The van der Waals surface area contributed by atoms with Crippen molar-refractivity contribution in [2.75, 3.05) is 12.4 Å². The van der Waals surface area contributed by atoms with Gasteiger partial charge in [0.05, 0.1) is 12.0 Å². The first kappa shape index (κ1) is 15.6. The highest BCUT2D eigenvalue weighted by Crippen LogP contribution is 2.24. The molecular formula is C11H18ClF3N2O. The molecule has 0 aliphatic heterocycles. The molecule has 3 nitrogen and oxygen atoms in total. The zero-order valence-electron chi connectivity index (χ0n) is 10.4. The van der Waals surface area contributed by atoms with Crippen molar-refractivity contribution in [1.82, 2.24) is 10.6 Å². The van der Waals surface area contributed by atoms with Crippen LogP contribution in [0.4, 0.5) is 13.2 Å². The van der Waals surface area contributed by atoms with E-state index in [9.17, 15) is 18.0 Å². The second kappa shape index (κ2) is 5.65. The topological polar surface area (TPSA) is 41.1 Å². The summed E-state index contributed by atoms with van der Waals surface area (Å²) < 4.78 is 35.8. The lowest BCUT2D eigenvalue weighted by atomic mass is 9.85. The number of hydrogen-bond acceptors (Lipinski definition) is 2. The molecule has 106 valence electrons. The van der Waals surface area contributed by atoms with Crippen molar-refractivity contribution in [2.24, 2.45) is 5.41 Å². The molecule has 0 radical (unpaired) electrons. The Morgan fingerprint density at radius 1 is 1.28 bits per heavy atom. The van der Waals surface area contributed by atoms with Crippen molar-refractivity contribution >= 4 is 17.5 Å². The maximum Gasteiger partial charge on any atom is 0.401 e. The first-order valence-corrected chi connectivity index (χ1v) is 6.34. The van der Waals surface area contributed by atoms with E-state index in [-0.39, 0.29) is 23.9 Å². The largest absolute Gasteiger partial charge is 0.401 e. The van der Waals surface area contributed by atoms with Crippen molar-refractivity contribution in [3.63, 3.8) is 0 Å². The fraction of sp³-hybridized carbons (Fsp3) is 0.909. The summed E-state index contributed by atoms with van der Waals surface area (Å²) in [6.45, 7) is 2.48. The molecule has 0 bridgehead atoms. The second-order valence-corrected chi connectivity index (χ2v) is 5.62. The van der Waals surface area contributed by atoms with Crippen molar-refractivity contribution in [3.05, 3.63) is 0 Å². The van der Waals surface area contributed by atoms with Gasteiger partial charge in [-0.1, -0.05) is 0 Å². The number of carbonyl (C=O) groups excluding carboxylic acids is 1. The van der Waals surface area contributed by atoms with Gasteiger partial charge in [0.1, 0.15) is 0 Å². The van der Waals surface area contributed by atoms with Crippen molar-refractivity contribution in [2.45, 2.75) is 44.9 Å². The Morgan fingerprint density at radius 2 is 1.83 bits per heavy atom. The fourth-order valence-electron chi connectivity index (χ4n) is 1.60. The molecular weight excluding hydrogens is 269 g/mol. The molecule has 2 N–H and O–H groups in total. The summed E-state index contributed by atoms with van der Waals surface area (Å²) in [4.78, 5) is 11.7. The maximum absolute atomic E-state index is 11.9. The van der Waals surface area contributed by atoms with E-state index in [0.717, 1.165) is 0 Å². The number of nitrogens with one attached hydrogen (secondary N) is 2. The van der Waals surface area contributed by atoms with Gasteiger partial charge in [0, 0.05) is 18.0 Å². The van der Waals surface area contributed by atoms with Gasteiger partial charge in [-0.15, -0.1) is 11.6 Å². The Balaban J connectivity index is 2.22. The molecule has 0 atom stereocenters. The number of amides is 1. The Morgan fingerprint density at radius 3 is 2.28 bits per heavy atom. The minimum absolute atomic E-state index is 0.0503. The minimum atomic E-state index is -4.19. The molecule has 0 spiro atoms. The fourth-order valence-corrected chi connectivity index (χ4v) is 1.73. The van der Waals surface area contributed by atoms with Gasteiger partial charge in [-0.2, -0.15) is 13.2 Å². The number of halogens is 4. The maximum atomic E-state index is 11.9. The summed E-state index contributed by atoms with van der Waals surface area (Å²) in [5.74, 6) is 0.0539. The zero-order chi connectivity index (χ0) is 14.0. The Kier molecular flexibility index (Phi) is 4.89. The van der Waals surface area contributed by atoms with Crippen LogP contribution in [0.25, 0.3) is 0 Å². The molecule has 18 heavy (non-hydrogen) atoms. The molecule has 0 heterocycles. The number of hydrogen-bond donors (Lipinski definition) is 2. The summed E-state index contributed by atoms with van der Waals surface area (Å²) in [5, 5.41) is 5.20. The Labute approximate surface area is 109 Å². The third-order valence-electron chi connectivity index (χ3n) is 3.01. The van der Waals surface area contributed by atoms with E-state index in [1.165, 1.54) is 0 Å². The van der Waals surface area contributed by atoms with Crippen LogP contribution in [0, 0.1) is 5.41 Å². The van der Waals surface area contributed by atoms with Crippen LogP contribution in [0.15, 0.2) is 0 Å². The first-order chi connectivity index (χ1) is 8.14. The molecule has 0 aromatic carbocycles. The Bertz CT molecular complexity index is 301. The zero-order valence-corrected chi connectivity index (χ0v) is 11.2. The van der Waals surface area contributed by atoms with Gasteiger partial charge in [-0.05, 0) is 26.7 Å². The quantitative estimate of drug-likeness (QED) is 0.760. The van der Waals surface area contributed by atoms with Gasteiger partial charge in [-0.25, -0.2) is 0 Å². The van der Waals surface area contributed by atoms with Crippen LogP contribution < -0.4 is 10.6 Å². The van der Waals surface area contributed by atoms with E-state index in [1.807, 2.05) is 0 Å². The van der Waals surface area contributed by atoms with Crippen LogP contribution in [-0.2, 0) is 4.79 Å². The van der Waals surface area contributed by atoms with Gasteiger partial charge in [-0.3, -0.25) is 4.79 Å². The summed E-state index contributed by atoms with van der Waals surface area (Å²) in [6, 6.07) is -0.221. The van der Waals surface area contributed by atoms with Crippen LogP contribution in [0.2, 0.25) is 0 Å². The molecule has 1 aliphatic carbocycles. The van der Waals surface area contributed by atoms with Gasteiger partial charge in [0.25, 0.3) is 0 Å². The van der Waals surface area contributed by atoms with Crippen LogP contribution in [0.5, 0.6) is 0 Å². The van der Waals surface area contributed by atoms with Gasteiger partial charge >= 0.3 is 6.18 Å². The standard InChI is InChI=1S/C11H18ClF3N2O/c1-10(2,5-12)9(18)17-8-3-7(4-8)16-6-11(13,14)15/h7-8,16H,3-6H2,1-2H3,(H,17,18). The molecule has 0 aromatic heterocycles. The van der Waals surface area contributed by atoms with E-state index in [2.05, 4.69) is 10.6 Å². The van der Waals surface area contributed by atoms with Crippen LogP contribution >= 0.6 is 11.6 Å². The molecule has 1 saturated carbocycles. The normalized spacial score (nSPS) is 24.6. The van der Waals surface area contributed by atoms with Crippen LogP contribution in [-0.4, -0.2) is 36.6 Å².